The largest absolute Gasteiger partial charge is 0.396 e. The Morgan fingerprint density at radius 1 is 1.45 bits per heavy atom. The zero-order chi connectivity index (χ0) is 15.9. The number of H-pyrrole nitrogens is 1. The van der Waals surface area contributed by atoms with E-state index < -0.39 is 0 Å². The lowest BCUT2D eigenvalue weighted by Crippen LogP contribution is -2.32. The molecule has 2 rings (SSSR count). The summed E-state index contributed by atoms with van der Waals surface area (Å²) in [6.45, 7) is 0.0490. The van der Waals surface area contributed by atoms with Gasteiger partial charge in [-0.05, 0) is 24.1 Å². The maximum absolute atomic E-state index is 13.6. The predicted octanol–water partition coefficient (Wildman–Crippen LogP) is 1.61. The van der Waals surface area contributed by atoms with Crippen molar-refractivity contribution in [3.05, 3.63) is 59.2 Å². The smallest absolute Gasteiger partial charge is 0.267 e. The normalized spacial score (nSPS) is 11.7. The molecular weight excluding hydrogens is 285 g/mol. The van der Waals surface area contributed by atoms with E-state index in [0.29, 0.717) is 17.5 Å². The number of rotatable bonds is 6. The number of nitriles is 1. The van der Waals surface area contributed by atoms with Gasteiger partial charge in [-0.1, -0.05) is 18.2 Å². The summed E-state index contributed by atoms with van der Waals surface area (Å²) in [5.74, 6) is -0.977. The summed E-state index contributed by atoms with van der Waals surface area (Å²) in [6.07, 6.45) is 1.77. The maximum atomic E-state index is 13.6. The molecule has 3 N–H and O–H groups in total. The summed E-state index contributed by atoms with van der Waals surface area (Å²) in [7, 11) is 0. The Balaban J connectivity index is 1.92. The van der Waals surface area contributed by atoms with Crippen LogP contribution in [0, 0.1) is 23.1 Å². The number of aromatic amines is 1. The van der Waals surface area contributed by atoms with Crippen LogP contribution in [0.15, 0.2) is 36.5 Å². The number of nitrogens with one attached hydrogen (secondary N) is 2. The molecule has 5 nitrogen and oxygen atoms in total. The summed E-state index contributed by atoms with van der Waals surface area (Å²) in [6, 6.07) is 9.73. The molecule has 0 saturated heterocycles. The summed E-state index contributed by atoms with van der Waals surface area (Å²) in [5, 5.41) is 20.8. The molecule has 0 fully saturated rings. The maximum Gasteiger partial charge on any atom is 0.267 e. The number of benzene rings is 1. The summed E-state index contributed by atoms with van der Waals surface area (Å²) in [4.78, 5) is 14.6. The molecule has 0 bridgehead atoms. The number of aromatic nitrogens is 1. The van der Waals surface area contributed by atoms with Gasteiger partial charge in [0.1, 0.15) is 17.6 Å². The number of aliphatic hydroxyl groups is 1. The lowest BCUT2D eigenvalue weighted by Gasteiger charge is -2.15. The quantitative estimate of drug-likeness (QED) is 0.757. The van der Waals surface area contributed by atoms with Crippen LogP contribution < -0.4 is 5.32 Å². The first kappa shape index (κ1) is 15.7. The Morgan fingerprint density at radius 2 is 2.23 bits per heavy atom. The second kappa shape index (κ2) is 7.38. The van der Waals surface area contributed by atoms with Crippen LogP contribution >= 0.6 is 0 Å². The van der Waals surface area contributed by atoms with Crippen LogP contribution in [0.3, 0.4) is 0 Å². The van der Waals surface area contributed by atoms with Crippen molar-refractivity contribution in [2.24, 2.45) is 5.92 Å². The van der Waals surface area contributed by atoms with E-state index >= 15 is 0 Å². The fraction of sp³-hybridized carbons (Fsp3) is 0.250. The first-order valence-electron chi connectivity index (χ1n) is 6.85. The second-order valence-electron chi connectivity index (χ2n) is 4.97. The number of carbonyl (C=O) groups excluding carboxylic acids is 1. The zero-order valence-corrected chi connectivity index (χ0v) is 11.8. The lowest BCUT2D eigenvalue weighted by atomic mass is 9.99. The Bertz CT molecular complexity index is 691. The molecule has 1 atom stereocenters. The highest BCUT2D eigenvalue weighted by atomic mass is 19.1. The highest BCUT2D eigenvalue weighted by Crippen LogP contribution is 2.12. The molecule has 114 valence electrons. The van der Waals surface area contributed by atoms with Gasteiger partial charge in [-0.3, -0.25) is 4.79 Å². The van der Waals surface area contributed by atoms with Gasteiger partial charge in [0.2, 0.25) is 0 Å². The van der Waals surface area contributed by atoms with Gasteiger partial charge >= 0.3 is 0 Å². The van der Waals surface area contributed by atoms with Gasteiger partial charge in [-0.15, -0.1) is 0 Å². The predicted molar refractivity (Wildman–Crippen MR) is 78.5 cm³/mol. The fourth-order valence-corrected chi connectivity index (χ4v) is 2.10. The van der Waals surface area contributed by atoms with E-state index in [1.54, 1.807) is 18.2 Å². The highest BCUT2D eigenvalue weighted by molar-refractivity contribution is 5.92. The number of hydrogen-bond acceptors (Lipinski definition) is 3. The average Bonchev–Trinajstić information content (AvgIpc) is 3.02. The third-order valence-corrected chi connectivity index (χ3v) is 3.33. The molecule has 2 aromatic rings. The molecular formula is C16H16FN3O2. The monoisotopic (exact) mass is 301 g/mol. The van der Waals surface area contributed by atoms with Gasteiger partial charge in [-0.2, -0.15) is 5.26 Å². The van der Waals surface area contributed by atoms with Crippen molar-refractivity contribution in [1.82, 2.24) is 10.3 Å². The number of amides is 1. The molecule has 0 radical (unpaired) electrons. The molecule has 0 aliphatic rings. The van der Waals surface area contributed by atoms with Crippen LogP contribution in [0.2, 0.25) is 0 Å². The molecule has 0 spiro atoms. The van der Waals surface area contributed by atoms with Gasteiger partial charge in [0, 0.05) is 25.3 Å². The standard InChI is InChI=1S/C16H16FN3O2/c17-14-4-2-1-3-13(14)5-12(10-21)9-20-16(22)15-6-11(7-18)8-19-15/h1-4,6,8,12,19,21H,5,9-10H2,(H,20,22). The topological polar surface area (TPSA) is 88.9 Å². The molecule has 1 unspecified atom stereocenters. The number of hydrogen-bond donors (Lipinski definition) is 3. The van der Waals surface area contributed by atoms with E-state index in [9.17, 15) is 14.3 Å². The van der Waals surface area contributed by atoms with E-state index in [0.717, 1.165) is 0 Å². The number of nitrogens with zero attached hydrogens (tertiary/aromatic N) is 1. The van der Waals surface area contributed by atoms with E-state index in [1.807, 2.05) is 6.07 Å². The van der Waals surface area contributed by atoms with E-state index in [-0.39, 0.29) is 36.5 Å². The van der Waals surface area contributed by atoms with Gasteiger partial charge in [0.15, 0.2) is 0 Å². The van der Waals surface area contributed by atoms with E-state index in [4.69, 9.17) is 5.26 Å². The van der Waals surface area contributed by atoms with Gasteiger partial charge in [0.25, 0.3) is 5.91 Å². The molecule has 0 aliphatic heterocycles. The molecule has 6 heteroatoms. The Hall–Kier alpha value is -2.65. The second-order valence-corrected chi connectivity index (χ2v) is 4.97. The van der Waals surface area contributed by atoms with Gasteiger partial charge in [-0.25, -0.2) is 4.39 Å². The third kappa shape index (κ3) is 3.93. The van der Waals surface area contributed by atoms with Crippen molar-refractivity contribution in [2.45, 2.75) is 6.42 Å². The van der Waals surface area contributed by atoms with Crippen molar-refractivity contribution in [2.75, 3.05) is 13.2 Å². The van der Waals surface area contributed by atoms with Crippen molar-refractivity contribution in [1.29, 1.82) is 5.26 Å². The number of aliphatic hydroxyl groups excluding tert-OH is 1. The minimum absolute atomic E-state index is 0.164. The molecule has 1 aromatic heterocycles. The number of halogens is 1. The molecule has 0 aliphatic carbocycles. The van der Waals surface area contributed by atoms with Crippen LogP contribution in [0.5, 0.6) is 0 Å². The average molecular weight is 301 g/mol. The van der Waals surface area contributed by atoms with Gasteiger partial charge in [0.05, 0.1) is 5.56 Å². The lowest BCUT2D eigenvalue weighted by molar-refractivity contribution is 0.0935. The molecule has 22 heavy (non-hydrogen) atoms. The van der Waals surface area contributed by atoms with Crippen LogP contribution in [0.4, 0.5) is 4.39 Å². The van der Waals surface area contributed by atoms with Crippen molar-refractivity contribution in [3.63, 3.8) is 0 Å². The first-order valence-corrected chi connectivity index (χ1v) is 6.85. The van der Waals surface area contributed by atoms with Crippen LogP contribution in [-0.4, -0.2) is 29.1 Å². The molecule has 1 amide bonds. The minimum Gasteiger partial charge on any atom is -0.396 e. The zero-order valence-electron chi connectivity index (χ0n) is 11.8. The van der Waals surface area contributed by atoms with Gasteiger partial charge < -0.3 is 15.4 Å². The van der Waals surface area contributed by atoms with Crippen molar-refractivity contribution >= 4 is 5.91 Å². The summed E-state index contributed by atoms with van der Waals surface area (Å²) in [5.41, 5.74) is 1.15. The van der Waals surface area contributed by atoms with Crippen molar-refractivity contribution < 1.29 is 14.3 Å². The number of carbonyl (C=O) groups is 1. The third-order valence-electron chi connectivity index (χ3n) is 3.33. The molecule has 1 heterocycles. The summed E-state index contributed by atoms with van der Waals surface area (Å²) >= 11 is 0. The molecule has 1 aromatic carbocycles. The van der Waals surface area contributed by atoms with Crippen LogP contribution in [0.1, 0.15) is 21.6 Å². The minimum atomic E-state index is -0.367. The Kier molecular flexibility index (Phi) is 5.28. The van der Waals surface area contributed by atoms with Crippen LogP contribution in [0.25, 0.3) is 0 Å². The SMILES string of the molecule is N#Cc1c[nH]c(C(=O)NCC(CO)Cc2ccccc2F)c1. The fourth-order valence-electron chi connectivity index (χ4n) is 2.10. The summed E-state index contributed by atoms with van der Waals surface area (Å²) < 4.78 is 13.6. The van der Waals surface area contributed by atoms with E-state index in [1.165, 1.54) is 18.3 Å². The first-order chi connectivity index (χ1) is 10.6. The van der Waals surface area contributed by atoms with Crippen LogP contribution in [-0.2, 0) is 6.42 Å². The molecule has 0 saturated carbocycles. The Morgan fingerprint density at radius 3 is 2.86 bits per heavy atom. The van der Waals surface area contributed by atoms with E-state index in [2.05, 4.69) is 10.3 Å². The highest BCUT2D eigenvalue weighted by Gasteiger charge is 2.14. The van der Waals surface area contributed by atoms with Crippen molar-refractivity contribution in [3.8, 4) is 6.07 Å². The Labute approximate surface area is 127 Å².